The van der Waals surface area contributed by atoms with Crippen LogP contribution >= 0.6 is 0 Å². The van der Waals surface area contributed by atoms with Crippen LogP contribution in [0.1, 0.15) is 45.4 Å². The van der Waals surface area contributed by atoms with Crippen molar-refractivity contribution in [1.29, 1.82) is 0 Å². The standard InChI is InChI=1S/C11H18O2/c1-8-4-2-5-9-10(12)6-3-7-11(8,9)13/h8-9,13H,2-7H2,1H3/t8-,9-,11-/m1/s1. The van der Waals surface area contributed by atoms with Crippen LogP contribution in [0.2, 0.25) is 0 Å². The second-order valence-corrected chi connectivity index (χ2v) is 4.70. The van der Waals surface area contributed by atoms with Gasteiger partial charge in [0.25, 0.3) is 0 Å². The first-order valence-corrected chi connectivity index (χ1v) is 5.39. The number of Topliss-reactive ketones (excluding diaryl/α,β-unsaturated/α-hetero) is 1. The van der Waals surface area contributed by atoms with Gasteiger partial charge in [0.2, 0.25) is 0 Å². The molecule has 74 valence electrons. The molecule has 2 saturated carbocycles. The zero-order valence-corrected chi connectivity index (χ0v) is 8.25. The minimum atomic E-state index is -0.645. The maximum Gasteiger partial charge on any atom is 0.138 e. The number of rotatable bonds is 0. The zero-order valence-electron chi connectivity index (χ0n) is 8.25. The van der Waals surface area contributed by atoms with Crippen molar-refractivity contribution in [3.8, 4) is 0 Å². The summed E-state index contributed by atoms with van der Waals surface area (Å²) in [7, 11) is 0. The Hall–Kier alpha value is -0.370. The van der Waals surface area contributed by atoms with Crippen LogP contribution in [0.25, 0.3) is 0 Å². The van der Waals surface area contributed by atoms with Gasteiger partial charge in [-0.25, -0.2) is 0 Å². The molecule has 0 aromatic heterocycles. The number of fused-ring (bicyclic) bond motifs is 1. The van der Waals surface area contributed by atoms with Crippen LogP contribution in [-0.2, 0) is 4.79 Å². The second kappa shape index (κ2) is 3.09. The van der Waals surface area contributed by atoms with Crippen molar-refractivity contribution in [1.82, 2.24) is 0 Å². The summed E-state index contributed by atoms with van der Waals surface area (Å²) in [6.07, 6.45) is 5.53. The Balaban J connectivity index is 2.24. The second-order valence-electron chi connectivity index (χ2n) is 4.70. The van der Waals surface area contributed by atoms with Crippen molar-refractivity contribution >= 4 is 5.78 Å². The molecule has 2 aliphatic rings. The summed E-state index contributed by atoms with van der Waals surface area (Å²) in [4.78, 5) is 11.6. The fraction of sp³-hybridized carbons (Fsp3) is 0.909. The maximum absolute atomic E-state index is 11.6. The van der Waals surface area contributed by atoms with Crippen molar-refractivity contribution in [3.63, 3.8) is 0 Å². The molecule has 3 atom stereocenters. The molecule has 2 rings (SSSR count). The summed E-state index contributed by atoms with van der Waals surface area (Å²) in [5, 5.41) is 10.4. The van der Waals surface area contributed by atoms with Gasteiger partial charge in [-0.1, -0.05) is 13.3 Å². The highest BCUT2D eigenvalue weighted by atomic mass is 16.3. The third-order valence-electron chi connectivity index (χ3n) is 3.98. The highest BCUT2D eigenvalue weighted by Gasteiger charge is 2.48. The molecule has 0 amide bonds. The molecule has 0 heterocycles. The highest BCUT2D eigenvalue weighted by molar-refractivity contribution is 5.83. The van der Waals surface area contributed by atoms with E-state index in [9.17, 15) is 9.90 Å². The van der Waals surface area contributed by atoms with Crippen LogP contribution in [0.3, 0.4) is 0 Å². The predicted molar refractivity (Wildman–Crippen MR) is 50.3 cm³/mol. The molecule has 1 N–H and O–H groups in total. The molecule has 2 nitrogen and oxygen atoms in total. The van der Waals surface area contributed by atoms with Gasteiger partial charge in [0.15, 0.2) is 0 Å². The zero-order chi connectivity index (χ0) is 9.47. The topological polar surface area (TPSA) is 37.3 Å². The Morgan fingerprint density at radius 3 is 2.85 bits per heavy atom. The Morgan fingerprint density at radius 2 is 2.15 bits per heavy atom. The Bertz CT molecular complexity index is 224. The molecule has 0 aromatic carbocycles. The lowest BCUT2D eigenvalue weighted by Crippen LogP contribution is -2.52. The summed E-state index contributed by atoms with van der Waals surface area (Å²) >= 11 is 0. The normalized spacial score (nSPS) is 45.8. The van der Waals surface area contributed by atoms with Crippen LogP contribution in [0, 0.1) is 11.8 Å². The fourth-order valence-corrected chi connectivity index (χ4v) is 3.05. The molecule has 2 aliphatic carbocycles. The number of aliphatic hydroxyl groups is 1. The highest BCUT2D eigenvalue weighted by Crippen LogP contribution is 2.45. The predicted octanol–water partition coefficient (Wildman–Crippen LogP) is 1.91. The molecular weight excluding hydrogens is 164 g/mol. The first-order chi connectivity index (χ1) is 6.14. The molecule has 0 spiro atoms. The number of carbonyl (C=O) groups is 1. The quantitative estimate of drug-likeness (QED) is 0.621. The van der Waals surface area contributed by atoms with E-state index in [1.807, 2.05) is 0 Å². The van der Waals surface area contributed by atoms with E-state index in [0.717, 1.165) is 32.1 Å². The molecule has 2 heteroatoms. The van der Waals surface area contributed by atoms with Gasteiger partial charge in [0.05, 0.1) is 5.60 Å². The minimum absolute atomic E-state index is 0.0370. The van der Waals surface area contributed by atoms with Crippen LogP contribution in [0.15, 0.2) is 0 Å². The van der Waals surface area contributed by atoms with Gasteiger partial charge in [-0.15, -0.1) is 0 Å². The Morgan fingerprint density at radius 1 is 1.38 bits per heavy atom. The first kappa shape index (κ1) is 9.20. The smallest absolute Gasteiger partial charge is 0.138 e. The van der Waals surface area contributed by atoms with Crippen LogP contribution in [0.5, 0.6) is 0 Å². The van der Waals surface area contributed by atoms with Gasteiger partial charge in [0.1, 0.15) is 5.78 Å². The van der Waals surface area contributed by atoms with Crippen molar-refractivity contribution < 1.29 is 9.90 Å². The van der Waals surface area contributed by atoms with Gasteiger partial charge in [-0.3, -0.25) is 4.79 Å². The van der Waals surface area contributed by atoms with Crippen molar-refractivity contribution in [2.75, 3.05) is 0 Å². The third kappa shape index (κ3) is 1.32. The van der Waals surface area contributed by atoms with Crippen molar-refractivity contribution in [2.45, 2.75) is 51.0 Å². The SMILES string of the molecule is C[C@@H]1CCC[C@@H]2C(=O)CCC[C@@]12O. The molecule has 0 aromatic rings. The van der Waals surface area contributed by atoms with E-state index in [0.29, 0.717) is 18.1 Å². The van der Waals surface area contributed by atoms with Gasteiger partial charge < -0.3 is 5.11 Å². The lowest BCUT2D eigenvalue weighted by molar-refractivity contribution is -0.152. The largest absolute Gasteiger partial charge is 0.389 e. The summed E-state index contributed by atoms with van der Waals surface area (Å²) in [6.45, 7) is 2.09. The third-order valence-corrected chi connectivity index (χ3v) is 3.98. The van der Waals surface area contributed by atoms with Crippen LogP contribution < -0.4 is 0 Å². The Labute approximate surface area is 79.3 Å². The van der Waals surface area contributed by atoms with E-state index in [-0.39, 0.29) is 5.92 Å². The minimum Gasteiger partial charge on any atom is -0.389 e. The fourth-order valence-electron chi connectivity index (χ4n) is 3.05. The van der Waals surface area contributed by atoms with Crippen molar-refractivity contribution in [2.24, 2.45) is 11.8 Å². The van der Waals surface area contributed by atoms with Gasteiger partial charge in [-0.05, 0) is 31.6 Å². The number of ketones is 1. The average molecular weight is 182 g/mol. The molecule has 0 bridgehead atoms. The summed E-state index contributed by atoms with van der Waals surface area (Å²) in [5.74, 6) is 0.584. The Kier molecular flexibility index (Phi) is 2.18. The molecular formula is C11H18O2. The summed E-state index contributed by atoms with van der Waals surface area (Å²) < 4.78 is 0. The number of carbonyl (C=O) groups excluding carboxylic acids is 1. The summed E-state index contributed by atoms with van der Waals surface area (Å²) in [6, 6.07) is 0. The molecule has 13 heavy (non-hydrogen) atoms. The number of hydrogen-bond acceptors (Lipinski definition) is 2. The molecule has 0 unspecified atom stereocenters. The van der Waals surface area contributed by atoms with E-state index >= 15 is 0 Å². The van der Waals surface area contributed by atoms with Gasteiger partial charge in [0, 0.05) is 12.3 Å². The lowest BCUT2D eigenvalue weighted by atomic mass is 9.62. The first-order valence-electron chi connectivity index (χ1n) is 5.39. The van der Waals surface area contributed by atoms with Crippen molar-refractivity contribution in [3.05, 3.63) is 0 Å². The van der Waals surface area contributed by atoms with E-state index in [4.69, 9.17) is 0 Å². The number of hydrogen-bond donors (Lipinski definition) is 1. The van der Waals surface area contributed by atoms with Gasteiger partial charge in [-0.2, -0.15) is 0 Å². The molecule has 2 fully saturated rings. The van der Waals surface area contributed by atoms with Gasteiger partial charge >= 0.3 is 0 Å². The maximum atomic E-state index is 11.6. The van der Waals surface area contributed by atoms with E-state index in [1.165, 1.54) is 0 Å². The lowest BCUT2D eigenvalue weighted by Gasteiger charge is -2.46. The van der Waals surface area contributed by atoms with Crippen LogP contribution in [-0.4, -0.2) is 16.5 Å². The molecule has 0 saturated heterocycles. The average Bonchev–Trinajstić information content (AvgIpc) is 2.08. The van der Waals surface area contributed by atoms with E-state index < -0.39 is 5.60 Å². The van der Waals surface area contributed by atoms with Crippen LogP contribution in [0.4, 0.5) is 0 Å². The molecule has 0 radical (unpaired) electrons. The molecule has 0 aliphatic heterocycles. The van der Waals surface area contributed by atoms with E-state index in [1.54, 1.807) is 0 Å². The summed E-state index contributed by atoms with van der Waals surface area (Å²) in [5.41, 5.74) is -0.645. The monoisotopic (exact) mass is 182 g/mol. The van der Waals surface area contributed by atoms with E-state index in [2.05, 4.69) is 6.92 Å².